The Balaban J connectivity index is 2.89. The highest BCUT2D eigenvalue weighted by Gasteiger charge is 2.15. The van der Waals surface area contributed by atoms with Gasteiger partial charge in [0, 0.05) is 6.42 Å². The van der Waals surface area contributed by atoms with Crippen LogP contribution in [0.4, 0.5) is 4.39 Å². The van der Waals surface area contributed by atoms with E-state index < -0.39 is 0 Å². The van der Waals surface area contributed by atoms with Crippen molar-refractivity contribution in [2.75, 3.05) is 0 Å². The van der Waals surface area contributed by atoms with E-state index in [9.17, 15) is 9.18 Å². The van der Waals surface area contributed by atoms with E-state index in [1.165, 1.54) is 6.07 Å². The lowest BCUT2D eigenvalue weighted by Crippen LogP contribution is -2.16. The minimum Gasteiger partial charge on any atom is -0.298 e. The lowest BCUT2D eigenvalue weighted by atomic mass is 10.0. The number of carbonyl (C=O) groups excluding carboxylic acids is 1. The van der Waals surface area contributed by atoms with Gasteiger partial charge in [-0.25, -0.2) is 4.39 Å². The van der Waals surface area contributed by atoms with Crippen molar-refractivity contribution in [3.8, 4) is 0 Å². The van der Waals surface area contributed by atoms with Crippen molar-refractivity contribution in [2.24, 2.45) is 0 Å². The summed E-state index contributed by atoms with van der Waals surface area (Å²) in [5.74, 6) is -0.103. The van der Waals surface area contributed by atoms with Gasteiger partial charge in [0.15, 0.2) is 0 Å². The smallest absolute Gasteiger partial charge is 0.146 e. The van der Waals surface area contributed by atoms with E-state index in [2.05, 4.69) is 31.9 Å². The van der Waals surface area contributed by atoms with Gasteiger partial charge in [0.05, 0.1) is 9.30 Å². The second-order valence-electron chi connectivity index (χ2n) is 3.68. The maximum Gasteiger partial charge on any atom is 0.146 e. The van der Waals surface area contributed by atoms with Crippen molar-refractivity contribution >= 4 is 37.6 Å². The summed E-state index contributed by atoms with van der Waals surface area (Å²) in [6.07, 6.45) is 1.11. The second-order valence-corrected chi connectivity index (χ2v) is 5.64. The van der Waals surface area contributed by atoms with Gasteiger partial charge >= 0.3 is 0 Å². The van der Waals surface area contributed by atoms with Crippen LogP contribution in [0.5, 0.6) is 0 Å². The average molecular weight is 352 g/mol. The molecule has 0 saturated carbocycles. The van der Waals surface area contributed by atoms with Crippen molar-refractivity contribution in [3.05, 3.63) is 33.5 Å². The highest BCUT2D eigenvalue weighted by Crippen LogP contribution is 2.23. The molecule has 0 radical (unpaired) electrons. The van der Waals surface area contributed by atoms with Crippen LogP contribution in [0.25, 0.3) is 0 Å². The van der Waals surface area contributed by atoms with Gasteiger partial charge in [0.2, 0.25) is 0 Å². The van der Waals surface area contributed by atoms with Gasteiger partial charge in [0.25, 0.3) is 0 Å². The molecule has 4 heteroatoms. The molecule has 1 aromatic rings. The normalized spacial score (nSPS) is 12.6. The van der Waals surface area contributed by atoms with Crippen molar-refractivity contribution in [1.29, 1.82) is 0 Å². The van der Waals surface area contributed by atoms with Crippen LogP contribution >= 0.6 is 31.9 Å². The van der Waals surface area contributed by atoms with Gasteiger partial charge in [-0.3, -0.25) is 4.79 Å². The van der Waals surface area contributed by atoms with Crippen molar-refractivity contribution in [1.82, 2.24) is 0 Å². The highest BCUT2D eigenvalue weighted by atomic mass is 79.9. The lowest BCUT2D eigenvalue weighted by Gasteiger charge is -2.11. The summed E-state index contributed by atoms with van der Waals surface area (Å²) in [6, 6.07) is 3.22. The third-order valence-electron chi connectivity index (χ3n) is 2.48. The minimum absolute atomic E-state index is 0.167. The maximum absolute atomic E-state index is 13.2. The van der Waals surface area contributed by atoms with Crippen LogP contribution in [0, 0.1) is 12.7 Å². The SMILES string of the molecule is CCC(=O)C(Br)Cc1cc(Br)c(F)cc1C. The van der Waals surface area contributed by atoms with Gasteiger partial charge < -0.3 is 0 Å². The van der Waals surface area contributed by atoms with Crippen LogP contribution in [0.15, 0.2) is 16.6 Å². The van der Waals surface area contributed by atoms with Crippen LogP contribution in [0.3, 0.4) is 0 Å². The third kappa shape index (κ3) is 3.39. The zero-order valence-corrected chi connectivity index (χ0v) is 12.4. The number of hydrogen-bond donors (Lipinski definition) is 0. The minimum atomic E-state index is -0.269. The molecule has 1 unspecified atom stereocenters. The Bertz CT molecular complexity index is 404. The van der Waals surface area contributed by atoms with Crippen molar-refractivity contribution < 1.29 is 9.18 Å². The Labute approximate surface area is 112 Å². The number of alkyl halides is 1. The van der Waals surface area contributed by atoms with Gasteiger partial charge in [-0.1, -0.05) is 22.9 Å². The van der Waals surface area contributed by atoms with Gasteiger partial charge in [-0.15, -0.1) is 0 Å². The van der Waals surface area contributed by atoms with Gasteiger partial charge in [-0.05, 0) is 52.5 Å². The molecule has 0 amide bonds. The number of hydrogen-bond acceptors (Lipinski definition) is 1. The molecule has 0 aliphatic rings. The first-order valence-electron chi connectivity index (χ1n) is 5.07. The molecule has 16 heavy (non-hydrogen) atoms. The monoisotopic (exact) mass is 350 g/mol. The number of halogens is 3. The molecular weight excluding hydrogens is 339 g/mol. The Morgan fingerprint density at radius 2 is 2.12 bits per heavy atom. The molecule has 0 heterocycles. The average Bonchev–Trinajstić information content (AvgIpc) is 2.24. The van der Waals surface area contributed by atoms with Crippen LogP contribution in [-0.4, -0.2) is 10.6 Å². The molecule has 1 aromatic carbocycles. The molecule has 0 aromatic heterocycles. The molecule has 0 fully saturated rings. The zero-order chi connectivity index (χ0) is 12.3. The summed E-state index contributed by atoms with van der Waals surface area (Å²) in [4.78, 5) is 11.3. The number of ketones is 1. The fourth-order valence-corrected chi connectivity index (χ4v) is 2.50. The summed E-state index contributed by atoms with van der Waals surface area (Å²) in [7, 11) is 0. The highest BCUT2D eigenvalue weighted by molar-refractivity contribution is 9.10. The second kappa shape index (κ2) is 5.92. The molecular formula is C12H13Br2FO. The van der Waals surface area contributed by atoms with E-state index in [-0.39, 0.29) is 16.4 Å². The van der Waals surface area contributed by atoms with Crippen LogP contribution in [-0.2, 0) is 11.2 Å². The Morgan fingerprint density at radius 3 is 2.69 bits per heavy atom. The van der Waals surface area contributed by atoms with E-state index >= 15 is 0 Å². The fraction of sp³-hybridized carbons (Fsp3) is 0.417. The molecule has 0 spiro atoms. The molecule has 1 rings (SSSR count). The Morgan fingerprint density at radius 1 is 1.50 bits per heavy atom. The lowest BCUT2D eigenvalue weighted by molar-refractivity contribution is -0.118. The number of carbonyl (C=O) groups is 1. The summed E-state index contributed by atoms with van der Waals surface area (Å²) in [5, 5.41) is 0. The van der Waals surface area contributed by atoms with Crippen LogP contribution in [0.1, 0.15) is 24.5 Å². The predicted octanol–water partition coefficient (Wildman–Crippen LogP) is 4.18. The number of rotatable bonds is 4. The van der Waals surface area contributed by atoms with Crippen molar-refractivity contribution in [3.63, 3.8) is 0 Å². The van der Waals surface area contributed by atoms with E-state index in [0.717, 1.165) is 11.1 Å². The Hall–Kier alpha value is -0.220. The van der Waals surface area contributed by atoms with E-state index in [1.54, 1.807) is 6.07 Å². The topological polar surface area (TPSA) is 17.1 Å². The largest absolute Gasteiger partial charge is 0.298 e. The van der Waals surface area contributed by atoms with E-state index in [1.807, 2.05) is 13.8 Å². The quantitative estimate of drug-likeness (QED) is 0.743. The molecule has 0 bridgehead atoms. The molecule has 0 N–H and O–H groups in total. The Kier molecular flexibility index (Phi) is 5.12. The van der Waals surface area contributed by atoms with Gasteiger partial charge in [-0.2, -0.15) is 0 Å². The number of benzene rings is 1. The summed E-state index contributed by atoms with van der Waals surface area (Å²) in [5.41, 5.74) is 1.85. The number of aryl methyl sites for hydroxylation is 1. The molecule has 1 nitrogen and oxygen atoms in total. The summed E-state index contributed by atoms with van der Waals surface area (Å²) in [6.45, 7) is 3.69. The zero-order valence-electron chi connectivity index (χ0n) is 9.19. The van der Waals surface area contributed by atoms with Gasteiger partial charge in [0.1, 0.15) is 11.6 Å². The first-order valence-corrected chi connectivity index (χ1v) is 6.77. The van der Waals surface area contributed by atoms with Crippen LogP contribution in [0.2, 0.25) is 0 Å². The molecule has 0 saturated heterocycles. The number of Topliss-reactive ketones (excluding diaryl/α,β-unsaturated/α-hetero) is 1. The van der Waals surface area contributed by atoms with E-state index in [0.29, 0.717) is 17.3 Å². The maximum atomic E-state index is 13.2. The fourth-order valence-electron chi connectivity index (χ4n) is 1.44. The third-order valence-corrected chi connectivity index (χ3v) is 3.92. The predicted molar refractivity (Wildman–Crippen MR) is 70.6 cm³/mol. The molecule has 1 atom stereocenters. The standard InChI is InChI=1S/C12H13Br2FO/c1-3-12(16)10(14)6-8-5-9(13)11(15)4-7(8)2/h4-5,10H,3,6H2,1-2H3. The first kappa shape index (κ1) is 13.8. The summed E-state index contributed by atoms with van der Waals surface area (Å²) >= 11 is 6.51. The van der Waals surface area contributed by atoms with Crippen LogP contribution < -0.4 is 0 Å². The first-order chi connectivity index (χ1) is 7.45. The van der Waals surface area contributed by atoms with E-state index in [4.69, 9.17) is 0 Å². The molecule has 0 aliphatic carbocycles. The summed E-state index contributed by atoms with van der Waals surface area (Å²) < 4.78 is 13.6. The molecule has 88 valence electrons. The molecule has 0 aliphatic heterocycles. The van der Waals surface area contributed by atoms with Crippen molar-refractivity contribution in [2.45, 2.75) is 31.5 Å².